The number of carbonyl (C=O) groups excluding carboxylic acids is 3. The third-order valence-electron chi connectivity index (χ3n) is 0.973. The van der Waals surface area contributed by atoms with Crippen LogP contribution in [0.1, 0.15) is 6.92 Å². The molecule has 68 valence electrons. The van der Waals surface area contributed by atoms with Gasteiger partial charge in [0.05, 0.1) is 6.61 Å². The summed E-state index contributed by atoms with van der Waals surface area (Å²) in [6.07, 6.45) is -0.0803. The predicted molar refractivity (Wildman–Crippen MR) is 38.5 cm³/mol. The molecule has 0 aromatic rings. The Bertz CT molecular complexity index is 175. The van der Waals surface area contributed by atoms with E-state index in [-0.39, 0.29) is 19.5 Å². The Hall–Kier alpha value is -1.23. The minimum atomic E-state index is -1.17. The number of aldehydes is 1. The molecule has 0 aliphatic rings. The van der Waals surface area contributed by atoms with Gasteiger partial charge in [-0.3, -0.25) is 9.59 Å². The van der Waals surface area contributed by atoms with Crippen LogP contribution in [0.25, 0.3) is 0 Å². The molecular formula is C7H10O5. The van der Waals surface area contributed by atoms with E-state index in [1.54, 1.807) is 6.92 Å². The van der Waals surface area contributed by atoms with E-state index in [1.165, 1.54) is 0 Å². The molecule has 0 aromatic carbocycles. The SMILES string of the molecule is CCOCCOC(=O)C(=O)C=O. The van der Waals surface area contributed by atoms with Crippen molar-refractivity contribution in [3.8, 4) is 0 Å². The molecule has 0 heterocycles. The van der Waals surface area contributed by atoms with E-state index in [9.17, 15) is 14.4 Å². The third kappa shape index (κ3) is 4.56. The lowest BCUT2D eigenvalue weighted by Crippen LogP contribution is -2.20. The number of ketones is 1. The minimum Gasteiger partial charge on any atom is -0.457 e. The van der Waals surface area contributed by atoms with Gasteiger partial charge in [-0.1, -0.05) is 0 Å². The first-order valence-corrected chi connectivity index (χ1v) is 3.46. The molecule has 0 atom stereocenters. The fourth-order valence-electron chi connectivity index (χ4n) is 0.457. The number of ether oxygens (including phenoxy) is 2. The number of rotatable bonds is 6. The third-order valence-corrected chi connectivity index (χ3v) is 0.973. The number of esters is 1. The van der Waals surface area contributed by atoms with E-state index in [1.807, 2.05) is 0 Å². The van der Waals surface area contributed by atoms with Crippen LogP contribution in [0.4, 0.5) is 0 Å². The lowest BCUT2D eigenvalue weighted by molar-refractivity contribution is -0.155. The summed E-state index contributed by atoms with van der Waals surface area (Å²) in [5.74, 6) is -2.31. The van der Waals surface area contributed by atoms with E-state index in [0.29, 0.717) is 6.61 Å². The van der Waals surface area contributed by atoms with Crippen LogP contribution >= 0.6 is 0 Å². The lowest BCUT2D eigenvalue weighted by Gasteiger charge is -2.00. The van der Waals surface area contributed by atoms with E-state index in [0.717, 1.165) is 0 Å². The maximum atomic E-state index is 10.5. The van der Waals surface area contributed by atoms with Gasteiger partial charge in [-0.15, -0.1) is 0 Å². The van der Waals surface area contributed by atoms with Gasteiger partial charge in [-0.05, 0) is 6.92 Å². The smallest absolute Gasteiger partial charge is 0.382 e. The first-order valence-electron chi connectivity index (χ1n) is 3.46. The summed E-state index contributed by atoms with van der Waals surface area (Å²) in [5, 5.41) is 0. The molecule has 0 unspecified atom stereocenters. The van der Waals surface area contributed by atoms with Gasteiger partial charge in [-0.25, -0.2) is 4.79 Å². The summed E-state index contributed by atoms with van der Waals surface area (Å²) >= 11 is 0. The van der Waals surface area contributed by atoms with Crippen LogP contribution in [0.2, 0.25) is 0 Å². The highest BCUT2D eigenvalue weighted by molar-refractivity contribution is 6.55. The second kappa shape index (κ2) is 6.48. The summed E-state index contributed by atoms with van der Waals surface area (Å²) in [6.45, 7) is 2.53. The Kier molecular flexibility index (Phi) is 5.81. The normalized spacial score (nSPS) is 9.08. The highest BCUT2D eigenvalue weighted by Crippen LogP contribution is 1.80. The molecule has 5 nitrogen and oxygen atoms in total. The second-order valence-corrected chi connectivity index (χ2v) is 1.81. The molecule has 0 bridgehead atoms. The van der Waals surface area contributed by atoms with E-state index < -0.39 is 11.8 Å². The molecule has 0 saturated heterocycles. The topological polar surface area (TPSA) is 69.7 Å². The standard InChI is InChI=1S/C7H10O5/c1-2-11-3-4-12-7(10)6(9)5-8/h5H,2-4H2,1H3. The van der Waals surface area contributed by atoms with Crippen LogP contribution in [0.15, 0.2) is 0 Å². The van der Waals surface area contributed by atoms with Crippen molar-refractivity contribution in [2.75, 3.05) is 19.8 Å². The molecule has 0 aliphatic carbocycles. The zero-order chi connectivity index (χ0) is 9.40. The maximum Gasteiger partial charge on any atom is 0.382 e. The molecule has 0 radical (unpaired) electrons. The highest BCUT2D eigenvalue weighted by atomic mass is 16.6. The molecule has 5 heteroatoms. The van der Waals surface area contributed by atoms with Crippen LogP contribution in [0.3, 0.4) is 0 Å². The Morgan fingerprint density at radius 1 is 1.33 bits per heavy atom. The van der Waals surface area contributed by atoms with Gasteiger partial charge in [0.2, 0.25) is 0 Å². The average Bonchev–Trinajstić information content (AvgIpc) is 2.10. The number of hydrogen-bond donors (Lipinski definition) is 0. The molecule has 0 spiro atoms. The first kappa shape index (κ1) is 10.8. The van der Waals surface area contributed by atoms with Gasteiger partial charge in [0.25, 0.3) is 0 Å². The minimum absolute atomic E-state index is 0.00769. The molecule has 0 amide bonds. The van der Waals surface area contributed by atoms with Crippen LogP contribution in [0.5, 0.6) is 0 Å². The van der Waals surface area contributed by atoms with Crippen molar-refractivity contribution < 1.29 is 23.9 Å². The molecule has 0 rings (SSSR count). The van der Waals surface area contributed by atoms with E-state index in [4.69, 9.17) is 4.74 Å². The molecular weight excluding hydrogens is 164 g/mol. The summed E-state index contributed by atoms with van der Waals surface area (Å²) in [5.41, 5.74) is 0. The molecule has 0 aliphatic heterocycles. The van der Waals surface area contributed by atoms with Crippen LogP contribution in [-0.2, 0) is 23.9 Å². The largest absolute Gasteiger partial charge is 0.457 e. The Labute approximate surface area is 69.6 Å². The van der Waals surface area contributed by atoms with Gasteiger partial charge >= 0.3 is 11.8 Å². The summed E-state index contributed by atoms with van der Waals surface area (Å²) < 4.78 is 9.17. The van der Waals surface area contributed by atoms with Crippen molar-refractivity contribution in [1.82, 2.24) is 0 Å². The van der Waals surface area contributed by atoms with E-state index >= 15 is 0 Å². The zero-order valence-corrected chi connectivity index (χ0v) is 6.74. The van der Waals surface area contributed by atoms with Crippen molar-refractivity contribution in [1.29, 1.82) is 0 Å². The molecule has 0 aromatic heterocycles. The zero-order valence-electron chi connectivity index (χ0n) is 6.74. The summed E-state index contributed by atoms with van der Waals surface area (Å²) in [4.78, 5) is 30.5. The van der Waals surface area contributed by atoms with E-state index in [2.05, 4.69) is 4.74 Å². The fraction of sp³-hybridized carbons (Fsp3) is 0.571. The Morgan fingerprint density at radius 3 is 2.50 bits per heavy atom. The van der Waals surface area contributed by atoms with Gasteiger partial charge in [0.15, 0.2) is 6.29 Å². The second-order valence-electron chi connectivity index (χ2n) is 1.81. The Morgan fingerprint density at radius 2 is 2.00 bits per heavy atom. The van der Waals surface area contributed by atoms with Crippen LogP contribution in [-0.4, -0.2) is 37.9 Å². The quantitative estimate of drug-likeness (QED) is 0.176. The van der Waals surface area contributed by atoms with Crippen LogP contribution in [0, 0.1) is 0 Å². The van der Waals surface area contributed by atoms with Gasteiger partial charge in [0.1, 0.15) is 6.61 Å². The number of hydrogen-bond acceptors (Lipinski definition) is 5. The Balaban J connectivity index is 3.44. The highest BCUT2D eigenvalue weighted by Gasteiger charge is 2.12. The van der Waals surface area contributed by atoms with Crippen LogP contribution < -0.4 is 0 Å². The number of carbonyl (C=O) groups is 3. The maximum absolute atomic E-state index is 10.5. The van der Waals surface area contributed by atoms with Crippen molar-refractivity contribution >= 4 is 18.0 Å². The first-order chi connectivity index (χ1) is 5.72. The average molecular weight is 174 g/mol. The van der Waals surface area contributed by atoms with Gasteiger partial charge < -0.3 is 9.47 Å². The molecule has 0 fully saturated rings. The fourth-order valence-corrected chi connectivity index (χ4v) is 0.457. The predicted octanol–water partition coefficient (Wildman–Crippen LogP) is -0.666. The summed E-state index contributed by atoms with van der Waals surface area (Å²) in [6, 6.07) is 0. The van der Waals surface area contributed by atoms with Gasteiger partial charge in [0, 0.05) is 6.61 Å². The van der Waals surface area contributed by atoms with Crippen molar-refractivity contribution in [2.24, 2.45) is 0 Å². The van der Waals surface area contributed by atoms with Gasteiger partial charge in [-0.2, -0.15) is 0 Å². The molecule has 0 saturated carbocycles. The number of Topliss-reactive ketones (excluding diaryl/α,β-unsaturated/α-hetero) is 1. The summed E-state index contributed by atoms with van der Waals surface area (Å²) in [7, 11) is 0. The molecule has 0 N–H and O–H groups in total. The van der Waals surface area contributed by atoms with Crippen molar-refractivity contribution in [3.05, 3.63) is 0 Å². The monoisotopic (exact) mass is 174 g/mol. The van der Waals surface area contributed by atoms with Crippen molar-refractivity contribution in [2.45, 2.75) is 6.92 Å². The van der Waals surface area contributed by atoms with Crippen molar-refractivity contribution in [3.63, 3.8) is 0 Å². The molecule has 12 heavy (non-hydrogen) atoms. The lowest BCUT2D eigenvalue weighted by atomic mass is 10.4.